The van der Waals surface area contributed by atoms with Gasteiger partial charge in [-0.2, -0.15) is 0 Å². The molecule has 6 aromatic rings. The van der Waals surface area contributed by atoms with Crippen LogP contribution in [0.15, 0.2) is 198 Å². The zero-order valence-electron chi connectivity index (χ0n) is 39.1. The lowest BCUT2D eigenvalue weighted by Crippen LogP contribution is -2.26. The number of allylic oxidation sites excluding steroid dienone is 14. The van der Waals surface area contributed by atoms with Gasteiger partial charge in [-0.15, -0.1) is 0 Å². The van der Waals surface area contributed by atoms with E-state index in [1.807, 2.05) is 0 Å². The highest BCUT2D eigenvalue weighted by Crippen LogP contribution is 2.60. The SMILES string of the molecule is CCc1ccc2c(ccc3cc(C4=CC5=C(CC4)C4=CCC(C=CC6C=CC7=C(C6)C(CC)(CC)c6cc(N(c8ccccc8)c8ccccc8)ccc67)C=C4C5(CC)CC)ccc32)c1. The van der Waals surface area contributed by atoms with Crippen molar-refractivity contribution in [2.24, 2.45) is 17.3 Å². The minimum absolute atomic E-state index is 0.0316. The van der Waals surface area contributed by atoms with Crippen LogP contribution in [0.1, 0.15) is 108 Å². The minimum Gasteiger partial charge on any atom is -0.310 e. The Morgan fingerprint density at radius 3 is 2.00 bits per heavy atom. The van der Waals surface area contributed by atoms with Gasteiger partial charge in [0.1, 0.15) is 0 Å². The van der Waals surface area contributed by atoms with Crippen LogP contribution in [0.5, 0.6) is 0 Å². The lowest BCUT2D eigenvalue weighted by atomic mass is 9.69. The summed E-state index contributed by atoms with van der Waals surface area (Å²) in [7, 11) is 0. The first-order valence-corrected chi connectivity index (χ1v) is 24.9. The van der Waals surface area contributed by atoms with Crippen molar-refractivity contribution >= 4 is 49.8 Å². The van der Waals surface area contributed by atoms with Gasteiger partial charge in [0.25, 0.3) is 0 Å². The van der Waals surface area contributed by atoms with E-state index in [9.17, 15) is 0 Å². The van der Waals surface area contributed by atoms with Gasteiger partial charge in [0.15, 0.2) is 0 Å². The number of fused-ring (bicyclic) bond motifs is 7. The summed E-state index contributed by atoms with van der Waals surface area (Å²) >= 11 is 0. The van der Waals surface area contributed by atoms with Gasteiger partial charge in [-0.3, -0.25) is 0 Å². The van der Waals surface area contributed by atoms with Crippen LogP contribution in [0.25, 0.3) is 32.7 Å². The fourth-order valence-corrected chi connectivity index (χ4v) is 12.9. The normalized spacial score (nSPS) is 20.4. The van der Waals surface area contributed by atoms with Crippen LogP contribution in [0.2, 0.25) is 0 Å². The third-order valence-corrected chi connectivity index (χ3v) is 16.6. The van der Waals surface area contributed by atoms with Crippen LogP contribution in [-0.4, -0.2) is 0 Å². The molecule has 0 radical (unpaired) electrons. The van der Waals surface area contributed by atoms with Crippen molar-refractivity contribution in [3.05, 3.63) is 220 Å². The molecule has 0 saturated heterocycles. The van der Waals surface area contributed by atoms with Crippen LogP contribution in [0.4, 0.5) is 17.1 Å². The molecule has 0 saturated carbocycles. The molecule has 0 aliphatic heterocycles. The maximum absolute atomic E-state index is 2.69. The second-order valence-corrected chi connectivity index (χ2v) is 19.4. The molecule has 1 heteroatoms. The smallest absolute Gasteiger partial charge is 0.0465 e. The van der Waals surface area contributed by atoms with E-state index in [-0.39, 0.29) is 10.8 Å². The Balaban J connectivity index is 0.851. The summed E-state index contributed by atoms with van der Waals surface area (Å²) in [4.78, 5) is 2.42. The van der Waals surface area contributed by atoms with Gasteiger partial charge in [0.2, 0.25) is 0 Å². The van der Waals surface area contributed by atoms with Crippen LogP contribution in [-0.2, 0) is 11.8 Å². The summed E-state index contributed by atoms with van der Waals surface area (Å²) in [6.07, 6.45) is 27.9. The lowest BCUT2D eigenvalue weighted by molar-refractivity contribution is 0.418. The molecular formula is C64H63N. The molecule has 0 amide bonds. The van der Waals surface area contributed by atoms with E-state index in [1.165, 1.54) is 72.0 Å². The van der Waals surface area contributed by atoms with E-state index in [0.717, 1.165) is 57.8 Å². The van der Waals surface area contributed by atoms with Crippen molar-refractivity contribution in [2.45, 2.75) is 97.8 Å². The molecule has 0 heterocycles. The fourth-order valence-electron chi connectivity index (χ4n) is 12.9. The molecular weight excluding hydrogens is 783 g/mol. The van der Waals surface area contributed by atoms with Gasteiger partial charge < -0.3 is 4.90 Å². The second kappa shape index (κ2) is 16.7. The van der Waals surface area contributed by atoms with Crippen molar-refractivity contribution in [1.82, 2.24) is 0 Å². The first kappa shape index (κ1) is 41.5. The summed E-state index contributed by atoms with van der Waals surface area (Å²) in [6.45, 7) is 11.9. The molecule has 324 valence electrons. The molecule has 0 spiro atoms. The molecule has 2 atom stereocenters. The predicted molar refractivity (Wildman–Crippen MR) is 279 cm³/mol. The summed E-state index contributed by atoms with van der Waals surface area (Å²) in [5, 5.41) is 5.40. The Kier molecular flexibility index (Phi) is 10.6. The molecule has 0 bridgehead atoms. The molecule has 0 fully saturated rings. The highest BCUT2D eigenvalue weighted by Gasteiger charge is 2.46. The largest absolute Gasteiger partial charge is 0.310 e. The first-order valence-electron chi connectivity index (χ1n) is 24.9. The van der Waals surface area contributed by atoms with Crippen molar-refractivity contribution in [1.29, 1.82) is 0 Å². The molecule has 65 heavy (non-hydrogen) atoms. The van der Waals surface area contributed by atoms with Gasteiger partial charge in [0, 0.05) is 27.9 Å². The quantitative estimate of drug-likeness (QED) is 0.0928. The van der Waals surface area contributed by atoms with Crippen LogP contribution >= 0.6 is 0 Å². The Morgan fingerprint density at radius 2 is 1.31 bits per heavy atom. The zero-order chi connectivity index (χ0) is 44.3. The van der Waals surface area contributed by atoms with Crippen molar-refractivity contribution in [3.63, 3.8) is 0 Å². The highest BCUT2D eigenvalue weighted by molar-refractivity contribution is 6.08. The Morgan fingerprint density at radius 1 is 0.631 bits per heavy atom. The molecule has 0 N–H and O–H groups in total. The highest BCUT2D eigenvalue weighted by atomic mass is 15.1. The molecule has 5 aliphatic carbocycles. The van der Waals surface area contributed by atoms with Gasteiger partial charge in [0.05, 0.1) is 0 Å². The van der Waals surface area contributed by atoms with Crippen LogP contribution < -0.4 is 4.90 Å². The lowest BCUT2D eigenvalue weighted by Gasteiger charge is -2.35. The summed E-state index contributed by atoms with van der Waals surface area (Å²) in [5.41, 5.74) is 20.4. The molecule has 0 aromatic heterocycles. The average molecular weight is 846 g/mol. The maximum Gasteiger partial charge on any atom is 0.0465 e. The number of hydrogen-bond acceptors (Lipinski definition) is 1. The van der Waals surface area contributed by atoms with Crippen LogP contribution in [0.3, 0.4) is 0 Å². The zero-order valence-corrected chi connectivity index (χ0v) is 39.1. The first-order chi connectivity index (χ1) is 31.9. The van der Waals surface area contributed by atoms with E-state index in [0.29, 0.717) is 11.8 Å². The number of anilines is 3. The van der Waals surface area contributed by atoms with E-state index in [2.05, 4.69) is 209 Å². The standard InChI is InChI=1S/C64H63N/c1-6-43-23-31-53-48(37-43)26-27-49-40-46(28-34-54(49)53)47-29-35-57-55-32-24-44(38-59(55)63(7-2,8-3)61(57)41-47)21-22-45-25-33-56-58-36-30-52(42-62(58)64(9-4,10-5)60(56)39-45)65(50-17-13-11-14-18-50)51-19-15-12-16-20-51/h11-23,25-28,30-34,36-38,40-42,44-45H,6-10,24,29,35,39H2,1-5H3. The topological polar surface area (TPSA) is 3.24 Å². The monoisotopic (exact) mass is 845 g/mol. The van der Waals surface area contributed by atoms with Crippen molar-refractivity contribution in [2.75, 3.05) is 4.90 Å². The summed E-state index contributed by atoms with van der Waals surface area (Å²) < 4.78 is 0. The summed E-state index contributed by atoms with van der Waals surface area (Å²) in [6, 6.07) is 47.8. The third kappa shape index (κ3) is 6.71. The molecule has 5 aliphatic rings. The van der Waals surface area contributed by atoms with Crippen LogP contribution in [0, 0.1) is 17.3 Å². The number of rotatable bonds is 11. The summed E-state index contributed by atoms with van der Waals surface area (Å²) in [5.74, 6) is 0.807. The van der Waals surface area contributed by atoms with E-state index in [4.69, 9.17) is 0 Å². The number of hydrogen-bond donors (Lipinski definition) is 0. The fraction of sp³-hybridized carbons (Fsp3) is 0.281. The molecule has 6 aromatic carbocycles. The Hall–Kier alpha value is -6.18. The van der Waals surface area contributed by atoms with Gasteiger partial charge in [-0.05, 0) is 189 Å². The molecule has 1 nitrogen and oxygen atoms in total. The molecule has 11 rings (SSSR count). The Labute approximate surface area is 388 Å². The number of benzene rings is 6. The van der Waals surface area contributed by atoms with Gasteiger partial charge in [-0.25, -0.2) is 0 Å². The van der Waals surface area contributed by atoms with E-state index < -0.39 is 0 Å². The number of aryl methyl sites for hydroxylation is 1. The maximum atomic E-state index is 2.69. The number of nitrogens with zero attached hydrogens (tertiary/aromatic N) is 1. The van der Waals surface area contributed by atoms with E-state index in [1.54, 1.807) is 27.9 Å². The third-order valence-electron chi connectivity index (χ3n) is 16.6. The average Bonchev–Trinajstić information content (AvgIpc) is 3.81. The minimum atomic E-state index is 0.0316. The van der Waals surface area contributed by atoms with Gasteiger partial charge in [-0.1, -0.05) is 168 Å². The predicted octanol–water partition coefficient (Wildman–Crippen LogP) is 17.8. The van der Waals surface area contributed by atoms with Gasteiger partial charge >= 0.3 is 0 Å². The number of para-hydroxylation sites is 2. The van der Waals surface area contributed by atoms with E-state index >= 15 is 0 Å². The molecule has 2 unspecified atom stereocenters. The second-order valence-electron chi connectivity index (χ2n) is 19.4. The van der Waals surface area contributed by atoms with Crippen molar-refractivity contribution in [3.8, 4) is 0 Å². The Bertz CT molecular complexity index is 3020. The van der Waals surface area contributed by atoms with Crippen molar-refractivity contribution < 1.29 is 0 Å².